The molecule has 106 valence electrons. The number of methoxy groups -OCH3 is 1. The van der Waals surface area contributed by atoms with Crippen LogP contribution < -0.4 is 10.6 Å². The highest BCUT2D eigenvalue weighted by atomic mass is 32.1. The molecule has 1 unspecified atom stereocenters. The van der Waals surface area contributed by atoms with Crippen LogP contribution >= 0.6 is 11.5 Å². The second kappa shape index (κ2) is 5.75. The van der Waals surface area contributed by atoms with Crippen molar-refractivity contribution >= 4 is 28.3 Å². The molecule has 1 aromatic heterocycles. The van der Waals surface area contributed by atoms with Gasteiger partial charge in [0.05, 0.1) is 7.11 Å². The number of carbonyl (C=O) groups is 1. The highest BCUT2D eigenvalue weighted by Crippen LogP contribution is 2.33. The van der Waals surface area contributed by atoms with Crippen molar-refractivity contribution in [2.24, 2.45) is 0 Å². The number of nitrogen functional groups attached to an aromatic ring is 1. The molecule has 1 saturated heterocycles. The normalized spacial score (nSPS) is 21.2. The molecular formula is C12H20N4O2S. The third kappa shape index (κ3) is 2.82. The lowest BCUT2D eigenvalue weighted by Gasteiger charge is -2.28. The van der Waals surface area contributed by atoms with Crippen LogP contribution in [0, 0.1) is 0 Å². The van der Waals surface area contributed by atoms with Crippen molar-refractivity contribution in [3.05, 3.63) is 5.56 Å². The van der Waals surface area contributed by atoms with Gasteiger partial charge in [0, 0.05) is 19.1 Å². The van der Waals surface area contributed by atoms with Gasteiger partial charge < -0.3 is 20.3 Å². The highest BCUT2D eigenvalue weighted by molar-refractivity contribution is 7.11. The number of carbonyl (C=O) groups excluding carboxylic acids is 1. The summed E-state index contributed by atoms with van der Waals surface area (Å²) in [6, 6.07) is 0.316. The first-order valence-electron chi connectivity index (χ1n) is 6.33. The van der Waals surface area contributed by atoms with Crippen LogP contribution in [-0.2, 0) is 4.74 Å². The zero-order valence-electron chi connectivity index (χ0n) is 11.5. The summed E-state index contributed by atoms with van der Waals surface area (Å²) < 4.78 is 8.91. The molecule has 2 rings (SSSR count). The summed E-state index contributed by atoms with van der Waals surface area (Å²) in [5.74, 6) is -0.150. The SMILES string of the molecule is COC(=O)c1c(N)nsc1N1CCCN(C)CC1C. The van der Waals surface area contributed by atoms with E-state index >= 15 is 0 Å². The van der Waals surface area contributed by atoms with E-state index in [0.717, 1.165) is 31.1 Å². The fourth-order valence-electron chi connectivity index (χ4n) is 2.46. The molecule has 0 saturated carbocycles. The van der Waals surface area contributed by atoms with Crippen LogP contribution in [0.15, 0.2) is 0 Å². The first-order valence-corrected chi connectivity index (χ1v) is 7.10. The van der Waals surface area contributed by atoms with Gasteiger partial charge in [-0.1, -0.05) is 0 Å². The van der Waals surface area contributed by atoms with Crippen LogP contribution in [-0.4, -0.2) is 55.1 Å². The highest BCUT2D eigenvalue weighted by Gasteiger charge is 2.28. The molecule has 0 radical (unpaired) electrons. The minimum atomic E-state index is -0.411. The summed E-state index contributed by atoms with van der Waals surface area (Å²) in [7, 11) is 3.48. The van der Waals surface area contributed by atoms with E-state index in [4.69, 9.17) is 10.5 Å². The molecule has 1 fully saturated rings. The molecule has 19 heavy (non-hydrogen) atoms. The second-order valence-corrected chi connectivity index (χ2v) is 5.65. The lowest BCUT2D eigenvalue weighted by molar-refractivity contribution is 0.0603. The monoisotopic (exact) mass is 284 g/mol. The number of likely N-dealkylation sites (N-methyl/N-ethyl adjacent to an activating group) is 1. The zero-order valence-corrected chi connectivity index (χ0v) is 12.4. The lowest BCUT2D eigenvalue weighted by Crippen LogP contribution is -2.38. The Morgan fingerprint density at radius 2 is 2.26 bits per heavy atom. The number of anilines is 2. The molecule has 0 spiro atoms. The van der Waals surface area contributed by atoms with Crippen molar-refractivity contribution in [3.63, 3.8) is 0 Å². The second-order valence-electron chi connectivity index (χ2n) is 4.90. The summed E-state index contributed by atoms with van der Waals surface area (Å²) >= 11 is 1.27. The Labute approximate surface area is 117 Å². The molecule has 6 nitrogen and oxygen atoms in total. The predicted molar refractivity (Wildman–Crippen MR) is 76.8 cm³/mol. The van der Waals surface area contributed by atoms with E-state index < -0.39 is 5.97 Å². The van der Waals surface area contributed by atoms with Gasteiger partial charge in [0.15, 0.2) is 5.82 Å². The Bertz CT molecular complexity index is 463. The molecule has 0 aromatic carbocycles. The molecule has 7 heteroatoms. The number of ether oxygens (including phenoxy) is 1. The molecular weight excluding hydrogens is 264 g/mol. The van der Waals surface area contributed by atoms with Gasteiger partial charge in [-0.15, -0.1) is 0 Å². The number of aromatic nitrogens is 1. The number of esters is 1. The quantitative estimate of drug-likeness (QED) is 0.818. The first kappa shape index (κ1) is 14.1. The molecule has 1 aliphatic rings. The van der Waals surface area contributed by atoms with Gasteiger partial charge in [0.1, 0.15) is 10.6 Å². The molecule has 1 aliphatic heterocycles. The molecule has 0 aliphatic carbocycles. The van der Waals surface area contributed by atoms with Crippen molar-refractivity contribution in [1.82, 2.24) is 9.27 Å². The van der Waals surface area contributed by atoms with Crippen molar-refractivity contribution in [2.75, 3.05) is 44.4 Å². The number of nitrogens with two attached hydrogens (primary N) is 1. The Morgan fingerprint density at radius 1 is 1.53 bits per heavy atom. The summed E-state index contributed by atoms with van der Waals surface area (Å²) in [6.45, 7) is 5.07. The minimum absolute atomic E-state index is 0.261. The molecule has 2 heterocycles. The summed E-state index contributed by atoms with van der Waals surface area (Å²) in [6.07, 6.45) is 1.05. The van der Waals surface area contributed by atoms with E-state index in [0.29, 0.717) is 11.6 Å². The third-order valence-electron chi connectivity index (χ3n) is 3.40. The largest absolute Gasteiger partial charge is 0.465 e. The summed E-state index contributed by atoms with van der Waals surface area (Å²) in [5, 5.41) is 0.826. The summed E-state index contributed by atoms with van der Waals surface area (Å²) in [5.41, 5.74) is 6.20. The van der Waals surface area contributed by atoms with Crippen LogP contribution in [0.5, 0.6) is 0 Å². The maximum absolute atomic E-state index is 11.8. The maximum atomic E-state index is 11.8. The van der Waals surface area contributed by atoms with Gasteiger partial charge in [-0.05, 0) is 38.5 Å². The van der Waals surface area contributed by atoms with E-state index in [1.807, 2.05) is 0 Å². The van der Waals surface area contributed by atoms with Gasteiger partial charge in [-0.3, -0.25) is 0 Å². The average molecular weight is 284 g/mol. The third-order valence-corrected chi connectivity index (χ3v) is 4.30. The Kier molecular flexibility index (Phi) is 4.26. The van der Waals surface area contributed by atoms with Gasteiger partial charge in [-0.25, -0.2) is 4.79 Å². The van der Waals surface area contributed by atoms with Crippen LogP contribution in [0.1, 0.15) is 23.7 Å². The van der Waals surface area contributed by atoms with Crippen LogP contribution in [0.3, 0.4) is 0 Å². The number of hydrogen-bond donors (Lipinski definition) is 1. The fourth-order valence-corrected chi connectivity index (χ4v) is 3.39. The first-order chi connectivity index (χ1) is 9.04. The van der Waals surface area contributed by atoms with Crippen LogP contribution in [0.4, 0.5) is 10.8 Å². The molecule has 1 atom stereocenters. The molecule has 0 amide bonds. The fraction of sp³-hybridized carbons (Fsp3) is 0.667. The van der Waals surface area contributed by atoms with Crippen LogP contribution in [0.2, 0.25) is 0 Å². The van der Waals surface area contributed by atoms with E-state index in [-0.39, 0.29) is 5.82 Å². The predicted octanol–water partition coefficient (Wildman–Crippen LogP) is 1.04. The topological polar surface area (TPSA) is 71.7 Å². The molecule has 1 aromatic rings. The lowest BCUT2D eigenvalue weighted by atomic mass is 10.2. The van der Waals surface area contributed by atoms with Crippen molar-refractivity contribution < 1.29 is 9.53 Å². The van der Waals surface area contributed by atoms with Crippen molar-refractivity contribution in [1.29, 1.82) is 0 Å². The molecule has 2 N–H and O–H groups in total. The van der Waals surface area contributed by atoms with E-state index in [2.05, 4.69) is 28.1 Å². The maximum Gasteiger partial charge on any atom is 0.344 e. The Hall–Kier alpha value is -1.34. The van der Waals surface area contributed by atoms with Gasteiger partial charge in [0.2, 0.25) is 0 Å². The zero-order chi connectivity index (χ0) is 14.0. The van der Waals surface area contributed by atoms with Gasteiger partial charge >= 0.3 is 5.97 Å². The van der Waals surface area contributed by atoms with Gasteiger partial charge in [0.25, 0.3) is 0 Å². The Morgan fingerprint density at radius 3 is 2.95 bits per heavy atom. The van der Waals surface area contributed by atoms with E-state index in [1.165, 1.54) is 18.6 Å². The number of rotatable bonds is 2. The molecule has 0 bridgehead atoms. The number of nitrogens with zero attached hydrogens (tertiary/aromatic N) is 3. The van der Waals surface area contributed by atoms with Crippen molar-refractivity contribution in [2.45, 2.75) is 19.4 Å². The van der Waals surface area contributed by atoms with Gasteiger partial charge in [-0.2, -0.15) is 4.37 Å². The van der Waals surface area contributed by atoms with Crippen LogP contribution in [0.25, 0.3) is 0 Å². The smallest absolute Gasteiger partial charge is 0.344 e. The average Bonchev–Trinajstić information content (AvgIpc) is 2.66. The standard InChI is InChI=1S/C12H20N4O2S/c1-8-7-15(2)5-4-6-16(8)11-9(12(17)18-3)10(13)14-19-11/h8H,4-7H2,1-3H3,(H2,13,14). The summed E-state index contributed by atoms with van der Waals surface area (Å²) in [4.78, 5) is 16.4. The van der Waals surface area contributed by atoms with Crippen molar-refractivity contribution in [3.8, 4) is 0 Å². The number of hydrogen-bond acceptors (Lipinski definition) is 7. The Balaban J connectivity index is 2.32. The van der Waals surface area contributed by atoms with E-state index in [9.17, 15) is 4.79 Å². The minimum Gasteiger partial charge on any atom is -0.465 e. The van der Waals surface area contributed by atoms with E-state index in [1.54, 1.807) is 0 Å².